The summed E-state index contributed by atoms with van der Waals surface area (Å²) in [5.41, 5.74) is 5.28. The third-order valence-electron chi connectivity index (χ3n) is 5.58. The van der Waals surface area contributed by atoms with E-state index in [1.807, 2.05) is 0 Å². The zero-order chi connectivity index (χ0) is 26.5. The summed E-state index contributed by atoms with van der Waals surface area (Å²) >= 11 is 0. The Bertz CT molecular complexity index is 1210. The number of nitrogens with two attached hydrogens (primary N) is 1. The molecule has 11 heteroatoms. The maximum absolute atomic E-state index is 13.0. The highest BCUT2D eigenvalue weighted by Crippen LogP contribution is 2.30. The number of alkyl halides is 3. The van der Waals surface area contributed by atoms with Crippen molar-refractivity contribution in [3.8, 4) is 0 Å². The molecule has 0 aliphatic carbocycles. The molecule has 3 rings (SSSR count). The van der Waals surface area contributed by atoms with Crippen molar-refractivity contribution in [2.24, 2.45) is 10.7 Å². The van der Waals surface area contributed by atoms with Crippen molar-refractivity contribution in [3.63, 3.8) is 0 Å². The Balaban J connectivity index is 1.83. The number of piperidine rings is 1. The first-order valence-corrected chi connectivity index (χ1v) is 11.1. The summed E-state index contributed by atoms with van der Waals surface area (Å²) < 4.78 is 38.9. The molecule has 0 bridgehead atoms. The van der Waals surface area contributed by atoms with Gasteiger partial charge in [0.1, 0.15) is 5.84 Å². The number of amidine groups is 1. The van der Waals surface area contributed by atoms with Crippen LogP contribution in [0.3, 0.4) is 0 Å². The fraction of sp³-hybridized carbons (Fsp3) is 0.280. The van der Waals surface area contributed by atoms with E-state index in [1.165, 1.54) is 31.2 Å². The number of nitrogens with one attached hydrogen (secondary N) is 2. The predicted octanol–water partition coefficient (Wildman–Crippen LogP) is 3.87. The van der Waals surface area contributed by atoms with Crippen LogP contribution in [0, 0.1) is 0 Å². The summed E-state index contributed by atoms with van der Waals surface area (Å²) in [7, 11) is 0. The minimum atomic E-state index is -4.58. The molecule has 0 aromatic heterocycles. The Hall–Kier alpha value is -4.15. The number of halogens is 3. The Morgan fingerprint density at radius 1 is 1.17 bits per heavy atom. The minimum Gasteiger partial charge on any atom is -0.379 e. The number of hydrogen-bond acceptors (Lipinski definition) is 5. The van der Waals surface area contributed by atoms with Crippen LogP contribution in [0.25, 0.3) is 0 Å². The second kappa shape index (κ2) is 11.1. The SMILES string of the molecule is C=CC(=O)N1CCC[C@@H](Nc2ccc(C(N)=O)cc2N=C(C)NC(=O)c2cccc(C(F)(F)F)c2)C1. The predicted molar refractivity (Wildman–Crippen MR) is 130 cm³/mol. The van der Waals surface area contributed by atoms with Crippen LogP contribution in [-0.4, -0.2) is 47.6 Å². The number of primary amides is 1. The molecule has 1 saturated heterocycles. The molecule has 1 heterocycles. The van der Waals surface area contributed by atoms with E-state index >= 15 is 0 Å². The first-order valence-electron chi connectivity index (χ1n) is 11.1. The zero-order valence-electron chi connectivity index (χ0n) is 19.6. The Morgan fingerprint density at radius 2 is 1.92 bits per heavy atom. The fourth-order valence-corrected chi connectivity index (χ4v) is 3.83. The molecule has 2 aromatic carbocycles. The molecule has 1 atom stereocenters. The third kappa shape index (κ3) is 6.71. The van der Waals surface area contributed by atoms with E-state index in [9.17, 15) is 27.6 Å². The van der Waals surface area contributed by atoms with Crippen molar-refractivity contribution in [1.82, 2.24) is 10.2 Å². The van der Waals surface area contributed by atoms with Gasteiger partial charge in [0.2, 0.25) is 11.8 Å². The molecule has 190 valence electrons. The molecule has 3 amide bonds. The van der Waals surface area contributed by atoms with Crippen LogP contribution >= 0.6 is 0 Å². The van der Waals surface area contributed by atoms with E-state index in [4.69, 9.17) is 5.73 Å². The lowest BCUT2D eigenvalue weighted by Gasteiger charge is -2.33. The summed E-state index contributed by atoms with van der Waals surface area (Å²) in [6, 6.07) is 8.52. The highest BCUT2D eigenvalue weighted by molar-refractivity contribution is 6.06. The topological polar surface area (TPSA) is 117 Å². The number of hydrogen-bond donors (Lipinski definition) is 3. The molecule has 0 radical (unpaired) electrons. The van der Waals surface area contributed by atoms with E-state index in [0.717, 1.165) is 31.0 Å². The van der Waals surface area contributed by atoms with Gasteiger partial charge in [-0.2, -0.15) is 13.2 Å². The number of likely N-dealkylation sites (tertiary alicyclic amines) is 1. The number of aliphatic imine (C=N–C) groups is 1. The van der Waals surface area contributed by atoms with E-state index in [1.54, 1.807) is 11.0 Å². The van der Waals surface area contributed by atoms with Gasteiger partial charge in [0.25, 0.3) is 5.91 Å². The molecular formula is C25H26F3N5O3. The van der Waals surface area contributed by atoms with Gasteiger partial charge in [0.05, 0.1) is 16.9 Å². The molecule has 8 nitrogen and oxygen atoms in total. The molecule has 2 aromatic rings. The Kier molecular flexibility index (Phi) is 8.13. The first-order chi connectivity index (χ1) is 17.0. The average molecular weight is 502 g/mol. The highest BCUT2D eigenvalue weighted by Gasteiger charge is 2.31. The van der Waals surface area contributed by atoms with Crippen LogP contribution in [0.15, 0.2) is 60.1 Å². The smallest absolute Gasteiger partial charge is 0.379 e. The van der Waals surface area contributed by atoms with Gasteiger partial charge in [-0.15, -0.1) is 0 Å². The van der Waals surface area contributed by atoms with Crippen molar-refractivity contribution >= 4 is 34.9 Å². The Morgan fingerprint density at radius 3 is 2.58 bits per heavy atom. The van der Waals surface area contributed by atoms with Gasteiger partial charge in [0.15, 0.2) is 0 Å². The van der Waals surface area contributed by atoms with E-state index < -0.39 is 23.6 Å². The van der Waals surface area contributed by atoms with Crippen LogP contribution in [-0.2, 0) is 11.0 Å². The van der Waals surface area contributed by atoms with Crippen molar-refractivity contribution in [1.29, 1.82) is 0 Å². The first kappa shape index (κ1) is 26.5. The number of nitrogens with zero attached hydrogens (tertiary/aromatic N) is 2. The lowest BCUT2D eigenvalue weighted by molar-refractivity contribution is -0.137. The van der Waals surface area contributed by atoms with Crippen LogP contribution in [0.2, 0.25) is 0 Å². The van der Waals surface area contributed by atoms with Gasteiger partial charge >= 0.3 is 6.18 Å². The normalized spacial score (nSPS) is 16.3. The molecule has 1 aliphatic heterocycles. The Labute approximate surface area is 206 Å². The summed E-state index contributed by atoms with van der Waals surface area (Å²) in [6.07, 6.45) is -1.76. The summed E-state index contributed by atoms with van der Waals surface area (Å²) in [4.78, 5) is 42.3. The van der Waals surface area contributed by atoms with Gasteiger partial charge in [-0.25, -0.2) is 4.99 Å². The van der Waals surface area contributed by atoms with Gasteiger partial charge in [-0.1, -0.05) is 12.6 Å². The second-order valence-electron chi connectivity index (χ2n) is 8.30. The fourth-order valence-electron chi connectivity index (χ4n) is 3.83. The largest absolute Gasteiger partial charge is 0.416 e. The van der Waals surface area contributed by atoms with E-state index in [-0.39, 0.29) is 28.9 Å². The molecule has 1 aliphatic rings. The number of carbonyl (C=O) groups is 3. The number of anilines is 1. The van der Waals surface area contributed by atoms with Gasteiger partial charge in [-0.3, -0.25) is 14.4 Å². The van der Waals surface area contributed by atoms with E-state index in [2.05, 4.69) is 22.2 Å². The maximum atomic E-state index is 13.0. The van der Waals surface area contributed by atoms with Crippen molar-refractivity contribution in [3.05, 3.63) is 71.8 Å². The van der Waals surface area contributed by atoms with Crippen LogP contribution in [0.1, 0.15) is 46.0 Å². The van der Waals surface area contributed by atoms with Crippen LogP contribution < -0.4 is 16.4 Å². The van der Waals surface area contributed by atoms with E-state index in [0.29, 0.717) is 24.5 Å². The van der Waals surface area contributed by atoms with Crippen molar-refractivity contribution in [2.75, 3.05) is 18.4 Å². The van der Waals surface area contributed by atoms with Crippen molar-refractivity contribution in [2.45, 2.75) is 32.0 Å². The van der Waals surface area contributed by atoms with Gasteiger partial charge in [-0.05, 0) is 62.2 Å². The maximum Gasteiger partial charge on any atom is 0.416 e. The standard InChI is InChI=1S/C25H26F3N5O3/c1-3-22(34)33-11-5-8-19(14-33)32-20-10-9-16(23(29)35)13-21(20)30-15(2)31-24(36)17-6-4-7-18(12-17)25(26,27)28/h3-4,6-7,9-10,12-13,19,32H,1,5,8,11,14H2,2H3,(H2,29,35)(H,30,31,36)/t19-/m1/s1. The minimum absolute atomic E-state index is 0.0918. The lowest BCUT2D eigenvalue weighted by Crippen LogP contribution is -2.44. The molecule has 36 heavy (non-hydrogen) atoms. The zero-order valence-corrected chi connectivity index (χ0v) is 19.6. The summed E-state index contributed by atoms with van der Waals surface area (Å²) in [5, 5.41) is 5.78. The van der Waals surface area contributed by atoms with Crippen LogP contribution in [0.5, 0.6) is 0 Å². The van der Waals surface area contributed by atoms with Gasteiger partial charge < -0.3 is 21.3 Å². The number of carbonyl (C=O) groups excluding carboxylic acids is 3. The molecular weight excluding hydrogens is 475 g/mol. The molecule has 1 fully saturated rings. The lowest BCUT2D eigenvalue weighted by atomic mass is 10.0. The molecule has 0 unspecified atom stereocenters. The monoisotopic (exact) mass is 501 g/mol. The second-order valence-corrected chi connectivity index (χ2v) is 8.30. The summed E-state index contributed by atoms with van der Waals surface area (Å²) in [6.45, 7) is 6.05. The number of rotatable bonds is 6. The number of amides is 3. The van der Waals surface area contributed by atoms with Crippen molar-refractivity contribution < 1.29 is 27.6 Å². The van der Waals surface area contributed by atoms with Crippen LogP contribution in [0.4, 0.5) is 24.5 Å². The highest BCUT2D eigenvalue weighted by atomic mass is 19.4. The van der Waals surface area contributed by atoms with Gasteiger partial charge in [0, 0.05) is 30.3 Å². The average Bonchev–Trinajstić information content (AvgIpc) is 2.84. The summed E-state index contributed by atoms with van der Waals surface area (Å²) in [5.74, 6) is -1.52. The number of benzene rings is 2. The third-order valence-corrected chi connectivity index (χ3v) is 5.58. The molecule has 4 N–H and O–H groups in total. The molecule has 0 spiro atoms. The molecule has 0 saturated carbocycles. The quantitative estimate of drug-likeness (QED) is 0.316.